The number of rotatable bonds is 12. The number of anilines is 4. The summed E-state index contributed by atoms with van der Waals surface area (Å²) in [5.74, 6) is 0.753. The van der Waals surface area contributed by atoms with E-state index in [2.05, 4.69) is 46.6 Å². The number of piperidine rings is 1. The predicted molar refractivity (Wildman–Crippen MR) is 240 cm³/mol. The Labute approximate surface area is 370 Å². The largest absolute Gasteiger partial charge is 0.478 e. The fourth-order valence-electron chi connectivity index (χ4n) is 9.71. The maximum Gasteiger partial charge on any atom is 0.293 e. The Bertz CT molecular complexity index is 2490. The van der Waals surface area contributed by atoms with Gasteiger partial charge >= 0.3 is 0 Å². The average molecular weight is 880 g/mol. The summed E-state index contributed by atoms with van der Waals surface area (Å²) in [6.45, 7) is 12.4. The lowest BCUT2D eigenvalue weighted by atomic mass is 9.78. The molecular weight excluding hydrogens is 826 g/mol. The second-order valence-corrected chi connectivity index (χ2v) is 18.0. The molecule has 63 heavy (non-hydrogen) atoms. The number of benzene rings is 2. The number of ether oxygens (including phenoxy) is 1. The summed E-state index contributed by atoms with van der Waals surface area (Å²) in [6.07, 6.45) is 4.66. The van der Waals surface area contributed by atoms with Crippen LogP contribution in [0, 0.1) is 5.92 Å². The minimum absolute atomic E-state index is 0.100. The summed E-state index contributed by atoms with van der Waals surface area (Å²) in [4.78, 5) is 83.2. The van der Waals surface area contributed by atoms with Crippen molar-refractivity contribution in [2.75, 3.05) is 87.7 Å². The van der Waals surface area contributed by atoms with Gasteiger partial charge in [0.25, 0.3) is 17.4 Å². The fourth-order valence-corrected chi connectivity index (χ4v) is 9.85. The molecule has 0 spiro atoms. The van der Waals surface area contributed by atoms with Gasteiger partial charge in [0.15, 0.2) is 18.2 Å². The van der Waals surface area contributed by atoms with Gasteiger partial charge in [0.1, 0.15) is 11.1 Å². The molecule has 5 aliphatic rings. The molecule has 4 aromatic rings. The Morgan fingerprint density at radius 2 is 1.71 bits per heavy atom. The summed E-state index contributed by atoms with van der Waals surface area (Å²) in [6, 6.07) is 13.2. The first-order valence-corrected chi connectivity index (χ1v) is 22.4. The van der Waals surface area contributed by atoms with Crippen LogP contribution >= 0.6 is 11.6 Å². The van der Waals surface area contributed by atoms with Gasteiger partial charge in [-0.3, -0.25) is 39.1 Å². The zero-order valence-electron chi connectivity index (χ0n) is 35.9. The second-order valence-electron chi connectivity index (χ2n) is 17.5. The smallest absolute Gasteiger partial charge is 0.293 e. The van der Waals surface area contributed by atoms with Crippen molar-refractivity contribution in [2.24, 2.45) is 5.92 Å². The Hall–Kier alpha value is -5.78. The summed E-state index contributed by atoms with van der Waals surface area (Å²) in [5, 5.41) is 9.39. The van der Waals surface area contributed by atoms with Crippen molar-refractivity contribution in [3.05, 3.63) is 75.2 Å². The molecule has 9 rings (SSSR count). The van der Waals surface area contributed by atoms with E-state index in [1.807, 2.05) is 44.2 Å². The zero-order chi connectivity index (χ0) is 43.9. The first-order chi connectivity index (χ1) is 30.4. The van der Waals surface area contributed by atoms with Gasteiger partial charge in [-0.2, -0.15) is 4.98 Å². The molecule has 2 aromatic carbocycles. The van der Waals surface area contributed by atoms with E-state index in [0.29, 0.717) is 47.3 Å². The van der Waals surface area contributed by atoms with Gasteiger partial charge in [0.2, 0.25) is 17.8 Å². The van der Waals surface area contributed by atoms with Crippen LogP contribution in [0.4, 0.5) is 23.1 Å². The van der Waals surface area contributed by atoms with Crippen LogP contribution in [0.5, 0.6) is 5.75 Å². The van der Waals surface area contributed by atoms with E-state index in [4.69, 9.17) is 21.3 Å². The van der Waals surface area contributed by atoms with E-state index >= 15 is 0 Å². The van der Waals surface area contributed by atoms with Crippen molar-refractivity contribution >= 4 is 69.3 Å². The maximum atomic E-state index is 13.2. The quantitative estimate of drug-likeness (QED) is 0.177. The van der Waals surface area contributed by atoms with Crippen molar-refractivity contribution in [2.45, 2.75) is 64.2 Å². The summed E-state index contributed by atoms with van der Waals surface area (Å²) in [5.41, 5.74) is 3.87. The molecule has 4 amide bonds. The summed E-state index contributed by atoms with van der Waals surface area (Å²) >= 11 is 6.61. The second kappa shape index (κ2) is 17.8. The Kier molecular flexibility index (Phi) is 12.0. The van der Waals surface area contributed by atoms with Gasteiger partial charge in [-0.25, -0.2) is 4.98 Å². The number of likely N-dealkylation sites (N-methyl/N-ethyl adjacent to an activating group) is 1. The molecule has 1 saturated carbocycles. The number of hydrogen-bond donors (Lipinski definition) is 3. The maximum absolute atomic E-state index is 13.2. The van der Waals surface area contributed by atoms with E-state index in [1.54, 1.807) is 21.7 Å². The number of halogens is 1. The Morgan fingerprint density at radius 1 is 0.952 bits per heavy atom. The number of imide groups is 1. The first-order valence-electron chi connectivity index (χ1n) is 22.0. The number of amides is 4. The summed E-state index contributed by atoms with van der Waals surface area (Å²) in [7, 11) is 1.52. The van der Waals surface area contributed by atoms with Gasteiger partial charge in [0.05, 0.1) is 11.7 Å². The molecule has 0 radical (unpaired) electrons. The van der Waals surface area contributed by atoms with E-state index in [0.717, 1.165) is 86.7 Å². The van der Waals surface area contributed by atoms with Crippen LogP contribution in [-0.4, -0.2) is 138 Å². The standard InChI is InChI=1S/C45H54ClN11O6/c1-27(2)57-36-7-4-31(20-29(36)22-38(44(57)62)63-26-40(59)47-3)49-41-35(46)23-48-45(51-41)55-12-10-52(11-13-55)24-28-18-33(19-28)54-16-14-53(15-17-54)32-5-6-34-30(21-32)25-56(43(34)61)37-8-9-39(58)50-42(37)60/h4-7,20-23,27-28,33,37H,8-19,24-26H2,1-3H3,(H,47,59)(H,48,49,51)(H,50,58,60)/t28-,33-,37?. The SMILES string of the molecule is CNC(=O)COc1cc2cc(Nc3nc(N4CCN(C[C@H]5C[C@H](N6CCN(c7ccc8c(c7)CN(C7CCC(=O)NC7=O)C8=O)CC6)C5)CC4)ncc3Cl)ccc2n(C(C)C)c1=O. The average Bonchev–Trinajstić information content (AvgIpc) is 3.59. The lowest BCUT2D eigenvalue weighted by Crippen LogP contribution is -2.56. The van der Waals surface area contributed by atoms with Crippen LogP contribution in [0.15, 0.2) is 53.5 Å². The van der Waals surface area contributed by atoms with Crippen LogP contribution in [-0.2, 0) is 20.9 Å². The monoisotopic (exact) mass is 879 g/mol. The Morgan fingerprint density at radius 3 is 2.44 bits per heavy atom. The van der Waals surface area contributed by atoms with E-state index in [-0.39, 0.29) is 54.0 Å². The number of pyridine rings is 1. The minimum atomic E-state index is -0.603. The molecule has 1 unspecified atom stereocenters. The van der Waals surface area contributed by atoms with E-state index < -0.39 is 6.04 Å². The highest BCUT2D eigenvalue weighted by Gasteiger charge is 2.40. The number of piperazine rings is 2. The molecule has 3 N–H and O–H groups in total. The number of carbonyl (C=O) groups excluding carboxylic acids is 4. The molecule has 0 bridgehead atoms. The number of carbonyl (C=O) groups is 4. The predicted octanol–water partition coefficient (Wildman–Crippen LogP) is 3.38. The van der Waals surface area contributed by atoms with Gasteiger partial charge in [-0.05, 0) is 87.1 Å². The van der Waals surface area contributed by atoms with Gasteiger partial charge in [-0.15, -0.1) is 0 Å². The topological polar surface area (TPSA) is 178 Å². The molecular formula is C45H54ClN11O6. The number of nitrogens with zero attached hydrogens (tertiary/aromatic N) is 8. The van der Waals surface area contributed by atoms with Gasteiger partial charge in [-0.1, -0.05) is 11.6 Å². The molecule has 1 aliphatic carbocycles. The van der Waals surface area contributed by atoms with Crippen molar-refractivity contribution in [3.8, 4) is 5.75 Å². The van der Waals surface area contributed by atoms with Crippen LogP contribution < -0.4 is 36.0 Å². The van der Waals surface area contributed by atoms with Crippen molar-refractivity contribution in [1.29, 1.82) is 0 Å². The highest BCUT2D eigenvalue weighted by Crippen LogP contribution is 2.36. The van der Waals surface area contributed by atoms with Crippen LogP contribution in [0.3, 0.4) is 0 Å². The van der Waals surface area contributed by atoms with Crippen LogP contribution in [0.2, 0.25) is 5.02 Å². The molecule has 18 heteroatoms. The van der Waals surface area contributed by atoms with E-state index in [9.17, 15) is 24.0 Å². The lowest BCUT2D eigenvalue weighted by Gasteiger charge is -2.48. The van der Waals surface area contributed by atoms with Crippen LogP contribution in [0.1, 0.15) is 61.5 Å². The Balaban J connectivity index is 0.739. The van der Waals surface area contributed by atoms with Crippen molar-refractivity contribution in [3.63, 3.8) is 0 Å². The molecule has 332 valence electrons. The molecule has 3 saturated heterocycles. The molecule has 4 aliphatic heterocycles. The third-order valence-corrected chi connectivity index (χ3v) is 13.5. The van der Waals surface area contributed by atoms with Gasteiger partial charge < -0.3 is 34.6 Å². The zero-order valence-corrected chi connectivity index (χ0v) is 36.7. The molecule has 17 nitrogen and oxygen atoms in total. The van der Waals surface area contributed by atoms with Crippen molar-refractivity contribution in [1.82, 2.24) is 39.9 Å². The lowest BCUT2D eigenvalue weighted by molar-refractivity contribution is -0.137. The number of fused-ring (bicyclic) bond motifs is 2. The normalized spacial score (nSPS) is 22.0. The number of aromatic nitrogens is 3. The molecule has 2 aromatic heterocycles. The molecule has 1 atom stereocenters. The third-order valence-electron chi connectivity index (χ3n) is 13.2. The number of hydrogen-bond acceptors (Lipinski definition) is 13. The van der Waals surface area contributed by atoms with Gasteiger partial charge in [0, 0.05) is 113 Å². The van der Waals surface area contributed by atoms with Crippen molar-refractivity contribution < 1.29 is 23.9 Å². The number of nitrogens with one attached hydrogen (secondary N) is 3. The van der Waals surface area contributed by atoms with Crippen LogP contribution in [0.25, 0.3) is 10.9 Å². The van der Waals surface area contributed by atoms with E-state index in [1.165, 1.54) is 19.9 Å². The fraction of sp³-hybridized carbons (Fsp3) is 0.489. The highest BCUT2D eigenvalue weighted by atomic mass is 35.5. The third kappa shape index (κ3) is 8.78. The molecule has 4 fully saturated rings. The molecule has 6 heterocycles. The summed E-state index contributed by atoms with van der Waals surface area (Å²) < 4.78 is 7.28. The first kappa shape index (κ1) is 42.5. The highest BCUT2D eigenvalue weighted by molar-refractivity contribution is 6.33. The minimum Gasteiger partial charge on any atom is -0.478 e.